The van der Waals surface area contributed by atoms with Gasteiger partial charge in [-0.3, -0.25) is 9.69 Å². The molecule has 1 atom stereocenters. The molecule has 4 rings (SSSR count). The van der Waals surface area contributed by atoms with Gasteiger partial charge < -0.3 is 20.1 Å². The number of hydrogen-bond acceptors (Lipinski definition) is 5. The standard InChI is InChI=1S/C17H22N4O3/c1-21(11-3-2-6-24-9-11)8-10-7-19-15-13(10)12-4-5-18-16(22)14(12)20-17(15)23/h7,11,19H,2-6,8-9H2,1H3,(H,18,22)(H,20,23). The molecule has 7 nitrogen and oxygen atoms in total. The number of aromatic hydroxyl groups is 1. The molecule has 7 heteroatoms. The van der Waals surface area contributed by atoms with E-state index in [0.29, 0.717) is 23.8 Å². The van der Waals surface area contributed by atoms with E-state index in [2.05, 4.69) is 27.2 Å². The maximum atomic E-state index is 12.1. The summed E-state index contributed by atoms with van der Waals surface area (Å²) in [6, 6.07) is 0.401. The van der Waals surface area contributed by atoms with Crippen molar-refractivity contribution in [1.29, 1.82) is 0 Å². The SMILES string of the molecule is CN(Cc1c[nH]c2c(O)nc3c(c12)CCNC3=O)C1CCCOC1. The van der Waals surface area contributed by atoms with Crippen LogP contribution in [-0.2, 0) is 17.7 Å². The highest BCUT2D eigenvalue weighted by atomic mass is 16.5. The lowest BCUT2D eigenvalue weighted by atomic mass is 9.98. The number of rotatable bonds is 3. The summed E-state index contributed by atoms with van der Waals surface area (Å²) in [5, 5.41) is 13.9. The molecule has 0 saturated carbocycles. The molecule has 0 radical (unpaired) electrons. The van der Waals surface area contributed by atoms with E-state index in [9.17, 15) is 9.90 Å². The fourth-order valence-corrected chi connectivity index (χ4v) is 3.74. The monoisotopic (exact) mass is 330 g/mol. The summed E-state index contributed by atoms with van der Waals surface area (Å²) in [7, 11) is 2.10. The third-order valence-corrected chi connectivity index (χ3v) is 5.05. The molecule has 0 spiro atoms. The van der Waals surface area contributed by atoms with Gasteiger partial charge in [-0.05, 0) is 37.4 Å². The molecule has 0 bridgehead atoms. The van der Waals surface area contributed by atoms with Crippen LogP contribution in [0.3, 0.4) is 0 Å². The molecular weight excluding hydrogens is 308 g/mol. The number of fused-ring (bicyclic) bond motifs is 3. The molecule has 1 amide bonds. The normalized spacial score (nSPS) is 21.1. The van der Waals surface area contributed by atoms with Gasteiger partial charge in [0.05, 0.1) is 6.61 Å². The molecule has 128 valence electrons. The number of carbonyl (C=O) groups excluding carboxylic acids is 1. The Morgan fingerprint density at radius 1 is 1.50 bits per heavy atom. The second-order valence-electron chi connectivity index (χ2n) is 6.62. The first-order chi connectivity index (χ1) is 11.6. The minimum Gasteiger partial charge on any atom is -0.492 e. The van der Waals surface area contributed by atoms with Crippen molar-refractivity contribution in [3.8, 4) is 5.88 Å². The van der Waals surface area contributed by atoms with Crippen molar-refractivity contribution in [3.63, 3.8) is 0 Å². The molecular formula is C17H22N4O3. The highest BCUT2D eigenvalue weighted by molar-refractivity contribution is 6.02. The van der Waals surface area contributed by atoms with Gasteiger partial charge >= 0.3 is 0 Å². The van der Waals surface area contributed by atoms with Crippen molar-refractivity contribution in [3.05, 3.63) is 23.0 Å². The van der Waals surface area contributed by atoms with E-state index < -0.39 is 0 Å². The number of aromatic amines is 1. The molecule has 2 aromatic heterocycles. The van der Waals surface area contributed by atoms with Gasteiger partial charge in [0.1, 0.15) is 11.2 Å². The zero-order chi connectivity index (χ0) is 16.7. The van der Waals surface area contributed by atoms with Crippen molar-refractivity contribution < 1.29 is 14.6 Å². The quantitative estimate of drug-likeness (QED) is 0.786. The van der Waals surface area contributed by atoms with Crippen molar-refractivity contribution in [1.82, 2.24) is 20.2 Å². The summed E-state index contributed by atoms with van der Waals surface area (Å²) in [5.41, 5.74) is 2.97. The van der Waals surface area contributed by atoms with E-state index in [-0.39, 0.29) is 11.8 Å². The number of nitrogens with zero attached hydrogens (tertiary/aromatic N) is 2. The van der Waals surface area contributed by atoms with Crippen molar-refractivity contribution in [2.75, 3.05) is 26.8 Å². The number of carbonyl (C=O) groups is 1. The number of nitrogens with one attached hydrogen (secondary N) is 2. The van der Waals surface area contributed by atoms with Crippen LogP contribution < -0.4 is 5.32 Å². The maximum Gasteiger partial charge on any atom is 0.270 e. The molecule has 0 aliphatic carbocycles. The van der Waals surface area contributed by atoms with Crippen LogP contribution in [-0.4, -0.2) is 58.7 Å². The van der Waals surface area contributed by atoms with Crippen LogP contribution in [0.4, 0.5) is 0 Å². The first-order valence-electron chi connectivity index (χ1n) is 8.43. The third kappa shape index (κ3) is 2.53. The fraction of sp³-hybridized carbons (Fsp3) is 0.529. The minimum atomic E-state index is -0.213. The summed E-state index contributed by atoms with van der Waals surface area (Å²) in [6.45, 7) is 2.95. The van der Waals surface area contributed by atoms with Gasteiger partial charge in [0.2, 0.25) is 5.88 Å². The summed E-state index contributed by atoms with van der Waals surface area (Å²) in [4.78, 5) is 21.6. The number of aromatic nitrogens is 2. The van der Waals surface area contributed by atoms with Gasteiger partial charge in [0.15, 0.2) is 0 Å². The number of amides is 1. The number of pyridine rings is 1. The molecule has 4 heterocycles. The zero-order valence-corrected chi connectivity index (χ0v) is 13.8. The fourth-order valence-electron chi connectivity index (χ4n) is 3.74. The first-order valence-corrected chi connectivity index (χ1v) is 8.43. The molecule has 24 heavy (non-hydrogen) atoms. The molecule has 0 aromatic carbocycles. The van der Waals surface area contributed by atoms with Crippen molar-refractivity contribution in [2.45, 2.75) is 31.8 Å². The van der Waals surface area contributed by atoms with Gasteiger partial charge in [-0.2, -0.15) is 0 Å². The summed E-state index contributed by atoms with van der Waals surface area (Å²) >= 11 is 0. The Morgan fingerprint density at radius 2 is 2.38 bits per heavy atom. The lowest BCUT2D eigenvalue weighted by Gasteiger charge is -2.31. The molecule has 2 aliphatic heterocycles. The van der Waals surface area contributed by atoms with E-state index in [1.807, 2.05) is 6.20 Å². The van der Waals surface area contributed by atoms with E-state index in [1.165, 1.54) is 0 Å². The van der Waals surface area contributed by atoms with Gasteiger partial charge in [-0.1, -0.05) is 0 Å². The van der Waals surface area contributed by atoms with Crippen LogP contribution in [0.1, 0.15) is 34.5 Å². The molecule has 3 N–H and O–H groups in total. The Morgan fingerprint density at radius 3 is 3.17 bits per heavy atom. The van der Waals surface area contributed by atoms with Gasteiger partial charge in [-0.25, -0.2) is 4.98 Å². The molecule has 1 fully saturated rings. The second kappa shape index (κ2) is 6.07. The van der Waals surface area contributed by atoms with Gasteiger partial charge in [0, 0.05) is 37.3 Å². The Hall–Kier alpha value is -2.12. The Labute approximate surface area is 140 Å². The maximum absolute atomic E-state index is 12.1. The summed E-state index contributed by atoms with van der Waals surface area (Å²) < 4.78 is 5.58. The largest absolute Gasteiger partial charge is 0.492 e. The van der Waals surface area contributed by atoms with Gasteiger partial charge in [0.25, 0.3) is 5.91 Å². The summed E-state index contributed by atoms with van der Waals surface area (Å²) in [6.07, 6.45) is 4.86. The second-order valence-corrected chi connectivity index (χ2v) is 6.62. The minimum absolute atomic E-state index is 0.115. The Balaban J connectivity index is 1.72. The smallest absolute Gasteiger partial charge is 0.270 e. The van der Waals surface area contributed by atoms with E-state index in [4.69, 9.17) is 4.74 Å². The van der Waals surface area contributed by atoms with Crippen LogP contribution in [0.15, 0.2) is 6.20 Å². The van der Waals surface area contributed by atoms with Crippen LogP contribution >= 0.6 is 0 Å². The van der Waals surface area contributed by atoms with Gasteiger partial charge in [-0.15, -0.1) is 0 Å². The van der Waals surface area contributed by atoms with E-state index in [1.54, 1.807) is 0 Å². The highest BCUT2D eigenvalue weighted by Crippen LogP contribution is 2.32. The van der Waals surface area contributed by atoms with Crippen LogP contribution in [0.25, 0.3) is 10.9 Å². The number of likely N-dealkylation sites (N-methyl/N-ethyl adjacent to an activating group) is 1. The molecule has 2 aliphatic rings. The summed E-state index contributed by atoms with van der Waals surface area (Å²) in [5.74, 6) is -0.328. The van der Waals surface area contributed by atoms with Crippen LogP contribution in [0.5, 0.6) is 5.88 Å². The van der Waals surface area contributed by atoms with Crippen molar-refractivity contribution >= 4 is 16.8 Å². The lowest BCUT2D eigenvalue weighted by molar-refractivity contribution is 0.0251. The molecule has 1 saturated heterocycles. The third-order valence-electron chi connectivity index (χ3n) is 5.05. The Bertz CT molecular complexity index is 780. The zero-order valence-electron chi connectivity index (χ0n) is 13.8. The topological polar surface area (TPSA) is 90.5 Å². The van der Waals surface area contributed by atoms with Crippen LogP contribution in [0, 0.1) is 0 Å². The Kier molecular flexibility index (Phi) is 3.90. The molecule has 2 aromatic rings. The van der Waals surface area contributed by atoms with Crippen LogP contribution in [0.2, 0.25) is 0 Å². The number of hydrogen-bond donors (Lipinski definition) is 3. The average Bonchev–Trinajstić information content (AvgIpc) is 3.01. The first kappa shape index (κ1) is 15.4. The number of H-pyrrole nitrogens is 1. The van der Waals surface area contributed by atoms with Crippen molar-refractivity contribution in [2.24, 2.45) is 0 Å². The predicted octanol–water partition coefficient (Wildman–Crippen LogP) is 1.17. The highest BCUT2D eigenvalue weighted by Gasteiger charge is 2.26. The predicted molar refractivity (Wildman–Crippen MR) is 89.1 cm³/mol. The molecule has 1 unspecified atom stereocenters. The average molecular weight is 330 g/mol. The van der Waals surface area contributed by atoms with E-state index in [0.717, 1.165) is 55.5 Å². The lowest BCUT2D eigenvalue weighted by Crippen LogP contribution is -2.38. The number of ether oxygens (including phenoxy) is 1. The van der Waals surface area contributed by atoms with E-state index >= 15 is 0 Å².